The molecule has 0 aromatic heterocycles. The van der Waals surface area contributed by atoms with E-state index in [1.165, 1.54) is 31.4 Å². The van der Waals surface area contributed by atoms with Crippen molar-refractivity contribution in [3.63, 3.8) is 0 Å². The van der Waals surface area contributed by atoms with Gasteiger partial charge in [-0.15, -0.1) is 0 Å². The molecule has 1 atom stereocenters. The van der Waals surface area contributed by atoms with Crippen LogP contribution in [-0.2, 0) is 0 Å². The first-order chi connectivity index (χ1) is 6.24. The van der Waals surface area contributed by atoms with E-state index in [1.54, 1.807) is 0 Å². The van der Waals surface area contributed by atoms with Gasteiger partial charge < -0.3 is 0 Å². The fourth-order valence-electron chi connectivity index (χ4n) is 1.59. The molecule has 2 nitrogen and oxygen atoms in total. The topological polar surface area (TPSA) is 15.6 Å². The zero-order valence-corrected chi connectivity index (χ0v) is 9.21. The van der Waals surface area contributed by atoms with Crippen LogP contribution in [0.25, 0.3) is 0 Å². The summed E-state index contributed by atoms with van der Waals surface area (Å²) in [6.45, 7) is 8.95. The van der Waals surface area contributed by atoms with Crippen molar-refractivity contribution in [2.45, 2.75) is 46.5 Å². The Bertz CT molecular complexity index is 169. The van der Waals surface area contributed by atoms with Crippen LogP contribution in [0.3, 0.4) is 0 Å². The van der Waals surface area contributed by atoms with Crippen LogP contribution in [0.5, 0.6) is 0 Å². The lowest BCUT2D eigenvalue weighted by Crippen LogP contribution is -2.26. The van der Waals surface area contributed by atoms with Gasteiger partial charge >= 0.3 is 0 Å². The third kappa shape index (κ3) is 3.37. The van der Waals surface area contributed by atoms with Gasteiger partial charge in [0.25, 0.3) is 0 Å². The maximum absolute atomic E-state index is 4.66. The normalized spacial score (nSPS) is 21.8. The molecule has 1 aliphatic heterocycles. The molecule has 2 heteroatoms. The maximum atomic E-state index is 4.66. The van der Waals surface area contributed by atoms with E-state index in [0.29, 0.717) is 5.92 Å². The lowest BCUT2D eigenvalue weighted by molar-refractivity contribution is 0.237. The molecule has 0 aromatic carbocycles. The molecule has 0 spiro atoms. The highest BCUT2D eigenvalue weighted by molar-refractivity contribution is 5.83. The van der Waals surface area contributed by atoms with Crippen LogP contribution in [0.1, 0.15) is 46.5 Å². The molecular weight excluding hydrogens is 160 g/mol. The molecule has 0 bridgehead atoms. The van der Waals surface area contributed by atoms with E-state index < -0.39 is 0 Å². The van der Waals surface area contributed by atoms with Gasteiger partial charge in [-0.25, -0.2) is 0 Å². The van der Waals surface area contributed by atoms with E-state index in [2.05, 4.69) is 30.9 Å². The van der Waals surface area contributed by atoms with Gasteiger partial charge in [-0.1, -0.05) is 13.8 Å². The highest BCUT2D eigenvalue weighted by Crippen LogP contribution is 2.11. The Hall–Kier alpha value is -0.530. The van der Waals surface area contributed by atoms with Gasteiger partial charge in [-0.3, -0.25) is 5.01 Å². The Morgan fingerprint density at radius 1 is 1.31 bits per heavy atom. The summed E-state index contributed by atoms with van der Waals surface area (Å²) in [7, 11) is 0. The number of hydrogen-bond acceptors (Lipinski definition) is 2. The molecule has 1 rings (SSSR count). The maximum Gasteiger partial charge on any atom is 0.0377 e. The third-order valence-electron chi connectivity index (χ3n) is 2.96. The van der Waals surface area contributed by atoms with Crippen LogP contribution in [0.4, 0.5) is 0 Å². The summed E-state index contributed by atoms with van der Waals surface area (Å²) in [5, 5.41) is 6.90. The van der Waals surface area contributed by atoms with Gasteiger partial charge in [0.1, 0.15) is 0 Å². The van der Waals surface area contributed by atoms with E-state index in [9.17, 15) is 0 Å². The van der Waals surface area contributed by atoms with Crippen molar-refractivity contribution >= 4 is 5.71 Å². The summed E-state index contributed by atoms with van der Waals surface area (Å²) < 4.78 is 0. The first kappa shape index (κ1) is 10.6. The minimum absolute atomic E-state index is 0.641. The van der Waals surface area contributed by atoms with Crippen LogP contribution in [-0.4, -0.2) is 23.8 Å². The average Bonchev–Trinajstić information content (AvgIpc) is 2.18. The van der Waals surface area contributed by atoms with Crippen molar-refractivity contribution in [3.8, 4) is 0 Å². The summed E-state index contributed by atoms with van der Waals surface area (Å²) in [5.74, 6) is 0.641. The SMILES string of the molecule is CCC(C)/C(C)=N/N1CCCCC1. The molecule has 1 unspecified atom stereocenters. The fraction of sp³-hybridized carbons (Fsp3) is 0.909. The summed E-state index contributed by atoms with van der Waals surface area (Å²) in [5.41, 5.74) is 1.30. The Kier molecular flexibility index (Phi) is 4.26. The zero-order valence-electron chi connectivity index (χ0n) is 9.21. The van der Waals surface area contributed by atoms with E-state index in [-0.39, 0.29) is 0 Å². The second-order valence-electron chi connectivity index (χ2n) is 4.07. The number of rotatable bonds is 3. The van der Waals surface area contributed by atoms with Crippen LogP contribution < -0.4 is 0 Å². The van der Waals surface area contributed by atoms with Crippen molar-refractivity contribution in [1.29, 1.82) is 0 Å². The van der Waals surface area contributed by atoms with Crippen molar-refractivity contribution in [3.05, 3.63) is 0 Å². The zero-order chi connectivity index (χ0) is 9.68. The van der Waals surface area contributed by atoms with Gasteiger partial charge in [-0.05, 0) is 38.5 Å². The van der Waals surface area contributed by atoms with E-state index in [4.69, 9.17) is 0 Å². The van der Waals surface area contributed by atoms with Crippen LogP contribution in [0.15, 0.2) is 5.10 Å². The highest BCUT2D eigenvalue weighted by Gasteiger charge is 2.09. The Labute approximate surface area is 82.0 Å². The highest BCUT2D eigenvalue weighted by atomic mass is 15.4. The molecule has 76 valence electrons. The molecule has 1 fully saturated rings. The number of piperidine rings is 1. The third-order valence-corrected chi connectivity index (χ3v) is 2.96. The molecule has 0 aliphatic carbocycles. The Morgan fingerprint density at radius 3 is 2.46 bits per heavy atom. The minimum atomic E-state index is 0.641. The predicted octanol–water partition coefficient (Wildman–Crippen LogP) is 2.89. The standard InChI is InChI=1S/C11H22N2/c1-4-10(2)11(3)12-13-8-6-5-7-9-13/h10H,4-9H2,1-3H3/b12-11+. The van der Waals surface area contributed by atoms with Gasteiger partial charge in [-0.2, -0.15) is 5.10 Å². The summed E-state index contributed by atoms with van der Waals surface area (Å²) in [6.07, 6.45) is 5.21. The molecule has 0 radical (unpaired) electrons. The monoisotopic (exact) mass is 182 g/mol. The molecule has 0 aromatic rings. The predicted molar refractivity (Wildman–Crippen MR) is 58.0 cm³/mol. The first-order valence-corrected chi connectivity index (χ1v) is 5.54. The minimum Gasteiger partial charge on any atom is -0.297 e. The van der Waals surface area contributed by atoms with Crippen LogP contribution >= 0.6 is 0 Å². The number of hydrogen-bond donors (Lipinski definition) is 0. The Morgan fingerprint density at radius 2 is 1.92 bits per heavy atom. The molecule has 0 amide bonds. The van der Waals surface area contributed by atoms with E-state index in [0.717, 1.165) is 13.1 Å². The number of hydrazone groups is 1. The summed E-state index contributed by atoms with van der Waals surface area (Å²) in [6, 6.07) is 0. The van der Waals surface area contributed by atoms with Gasteiger partial charge in [0.05, 0.1) is 0 Å². The quantitative estimate of drug-likeness (QED) is 0.613. The first-order valence-electron chi connectivity index (χ1n) is 5.54. The average molecular weight is 182 g/mol. The summed E-state index contributed by atoms with van der Waals surface area (Å²) >= 11 is 0. The fourth-order valence-corrected chi connectivity index (χ4v) is 1.59. The molecule has 1 aliphatic rings. The van der Waals surface area contributed by atoms with Crippen LogP contribution in [0.2, 0.25) is 0 Å². The van der Waals surface area contributed by atoms with Crippen molar-refractivity contribution < 1.29 is 0 Å². The van der Waals surface area contributed by atoms with E-state index >= 15 is 0 Å². The lowest BCUT2D eigenvalue weighted by Gasteiger charge is -2.25. The van der Waals surface area contributed by atoms with Gasteiger partial charge in [0.2, 0.25) is 0 Å². The van der Waals surface area contributed by atoms with Crippen molar-refractivity contribution in [2.75, 3.05) is 13.1 Å². The molecule has 0 saturated carbocycles. The van der Waals surface area contributed by atoms with E-state index in [1.807, 2.05) is 0 Å². The molecular formula is C11H22N2. The second kappa shape index (κ2) is 5.25. The molecule has 13 heavy (non-hydrogen) atoms. The van der Waals surface area contributed by atoms with Gasteiger partial charge in [0, 0.05) is 18.8 Å². The molecule has 1 heterocycles. The molecule has 0 N–H and O–H groups in total. The van der Waals surface area contributed by atoms with Crippen molar-refractivity contribution in [2.24, 2.45) is 11.0 Å². The largest absolute Gasteiger partial charge is 0.297 e. The number of nitrogens with zero attached hydrogens (tertiary/aromatic N) is 2. The second-order valence-corrected chi connectivity index (χ2v) is 4.07. The lowest BCUT2D eigenvalue weighted by atomic mass is 10.0. The summed E-state index contributed by atoms with van der Waals surface area (Å²) in [4.78, 5) is 0. The van der Waals surface area contributed by atoms with Crippen molar-refractivity contribution in [1.82, 2.24) is 5.01 Å². The molecule has 1 saturated heterocycles. The smallest absolute Gasteiger partial charge is 0.0377 e. The van der Waals surface area contributed by atoms with Gasteiger partial charge in [0.15, 0.2) is 0 Å². The van der Waals surface area contributed by atoms with Crippen LogP contribution in [0, 0.1) is 5.92 Å². The Balaban J connectivity index is 2.42.